The highest BCUT2D eigenvalue weighted by atomic mass is 35.5. The van der Waals surface area contributed by atoms with Crippen LogP contribution in [0.3, 0.4) is 0 Å². The molecule has 0 aromatic carbocycles. The van der Waals surface area contributed by atoms with E-state index in [4.69, 9.17) is 22.1 Å². The number of halogens is 3. The summed E-state index contributed by atoms with van der Waals surface area (Å²) in [7, 11) is 1.44. The van der Waals surface area contributed by atoms with Crippen LogP contribution in [0.25, 0.3) is 0 Å². The largest absolute Gasteiger partial charge is 0.473 e. The van der Waals surface area contributed by atoms with Crippen LogP contribution in [0.5, 0.6) is 5.19 Å². The van der Waals surface area contributed by atoms with E-state index in [1.54, 1.807) is 0 Å². The molecule has 0 amide bonds. The molecule has 3 nitrogen and oxygen atoms in total. The van der Waals surface area contributed by atoms with Gasteiger partial charge >= 0.3 is 0 Å². The van der Waals surface area contributed by atoms with Gasteiger partial charge in [0.2, 0.25) is 0 Å². The molecule has 0 unspecified atom stereocenters. The first-order chi connectivity index (χ1) is 6.86. The Morgan fingerprint density at radius 2 is 2.13 bits per heavy atom. The molecule has 0 radical (unpaired) electrons. The number of methoxy groups -OCH3 is 1. The van der Waals surface area contributed by atoms with E-state index in [0.29, 0.717) is 10.1 Å². The molecule has 1 heterocycles. The molecule has 0 spiro atoms. The molecule has 7 heteroatoms. The minimum atomic E-state index is -2.69. The van der Waals surface area contributed by atoms with Gasteiger partial charge in [0.05, 0.1) is 17.5 Å². The summed E-state index contributed by atoms with van der Waals surface area (Å²) in [5, 5.41) is 0.505. The first-order valence-electron chi connectivity index (χ1n) is 4.24. The van der Waals surface area contributed by atoms with E-state index < -0.39 is 11.5 Å². The molecule has 1 aromatic rings. The van der Waals surface area contributed by atoms with Crippen molar-refractivity contribution in [3.63, 3.8) is 0 Å². The van der Waals surface area contributed by atoms with Gasteiger partial charge in [-0.05, 0) is 0 Å². The molecule has 0 bridgehead atoms. The standard InChI is InChI=1S/C8H9ClF2N2OS/c1-14-6-13-5(9)4(15-6)7(12)2-8(10,11)3-7/h2-3,12H2,1H3. The van der Waals surface area contributed by atoms with Crippen molar-refractivity contribution < 1.29 is 13.5 Å². The Hall–Kier alpha value is -0.460. The molecule has 0 aliphatic heterocycles. The molecule has 0 atom stereocenters. The Kier molecular flexibility index (Phi) is 2.40. The summed E-state index contributed by atoms with van der Waals surface area (Å²) in [6, 6.07) is 0. The van der Waals surface area contributed by atoms with Crippen molar-refractivity contribution in [2.24, 2.45) is 5.73 Å². The first-order valence-corrected chi connectivity index (χ1v) is 5.43. The minimum Gasteiger partial charge on any atom is -0.473 e. The number of nitrogens with two attached hydrogens (primary N) is 1. The third-order valence-electron chi connectivity index (χ3n) is 2.34. The molecular weight excluding hydrogens is 246 g/mol. The zero-order valence-electron chi connectivity index (χ0n) is 7.89. The third-order valence-corrected chi connectivity index (χ3v) is 3.96. The van der Waals surface area contributed by atoms with Crippen molar-refractivity contribution >= 4 is 22.9 Å². The van der Waals surface area contributed by atoms with E-state index in [-0.39, 0.29) is 18.0 Å². The maximum absolute atomic E-state index is 12.8. The van der Waals surface area contributed by atoms with Gasteiger partial charge in [0.1, 0.15) is 5.15 Å². The van der Waals surface area contributed by atoms with Crippen molar-refractivity contribution in [3.8, 4) is 5.19 Å². The van der Waals surface area contributed by atoms with Gasteiger partial charge in [0.25, 0.3) is 11.1 Å². The second kappa shape index (κ2) is 3.26. The van der Waals surface area contributed by atoms with Crippen LogP contribution in [0.1, 0.15) is 17.7 Å². The summed E-state index contributed by atoms with van der Waals surface area (Å²) in [6.07, 6.45) is -0.768. The van der Waals surface area contributed by atoms with E-state index in [0.717, 1.165) is 11.3 Å². The summed E-state index contributed by atoms with van der Waals surface area (Å²) in [6.45, 7) is 0. The van der Waals surface area contributed by atoms with Crippen LogP contribution < -0.4 is 10.5 Å². The lowest BCUT2D eigenvalue weighted by atomic mass is 9.73. The zero-order chi connectivity index (χ0) is 11.3. The second-order valence-electron chi connectivity index (χ2n) is 3.67. The lowest BCUT2D eigenvalue weighted by Crippen LogP contribution is -2.55. The fourth-order valence-electron chi connectivity index (χ4n) is 1.71. The molecule has 15 heavy (non-hydrogen) atoms. The number of nitrogens with zero attached hydrogens (tertiary/aromatic N) is 1. The number of hydrogen-bond acceptors (Lipinski definition) is 4. The highest BCUT2D eigenvalue weighted by Crippen LogP contribution is 2.53. The Balaban J connectivity index is 2.27. The van der Waals surface area contributed by atoms with Crippen LogP contribution >= 0.6 is 22.9 Å². The van der Waals surface area contributed by atoms with Gasteiger partial charge in [-0.1, -0.05) is 22.9 Å². The SMILES string of the molecule is COc1nc(Cl)c(C2(N)CC(F)(F)C2)s1. The van der Waals surface area contributed by atoms with Crippen molar-refractivity contribution in [1.82, 2.24) is 4.98 Å². The average molecular weight is 255 g/mol. The third kappa shape index (κ3) is 1.81. The first kappa shape index (κ1) is 11.0. The van der Waals surface area contributed by atoms with Gasteiger partial charge in [-0.15, -0.1) is 0 Å². The van der Waals surface area contributed by atoms with E-state index in [1.165, 1.54) is 7.11 Å². The molecular formula is C8H9ClF2N2OS. The van der Waals surface area contributed by atoms with Crippen molar-refractivity contribution in [1.29, 1.82) is 0 Å². The molecule has 1 aliphatic rings. The van der Waals surface area contributed by atoms with E-state index in [9.17, 15) is 8.78 Å². The quantitative estimate of drug-likeness (QED) is 0.882. The number of thiazole rings is 1. The maximum Gasteiger partial charge on any atom is 0.274 e. The van der Waals surface area contributed by atoms with Crippen LogP contribution in [0.4, 0.5) is 8.78 Å². The van der Waals surface area contributed by atoms with Gasteiger partial charge in [-0.2, -0.15) is 4.98 Å². The van der Waals surface area contributed by atoms with Crippen LogP contribution in [-0.4, -0.2) is 18.0 Å². The van der Waals surface area contributed by atoms with Gasteiger partial charge in [0.15, 0.2) is 0 Å². The van der Waals surface area contributed by atoms with Crippen LogP contribution in [0.2, 0.25) is 5.15 Å². The molecule has 1 aromatic heterocycles. The maximum atomic E-state index is 12.8. The predicted octanol–water partition coefficient (Wildman–Crippen LogP) is 2.39. The molecule has 84 valence electrons. The average Bonchev–Trinajstić information content (AvgIpc) is 2.43. The van der Waals surface area contributed by atoms with Crippen molar-refractivity contribution in [2.75, 3.05) is 7.11 Å². The summed E-state index contributed by atoms with van der Waals surface area (Å²) < 4.78 is 30.4. The van der Waals surface area contributed by atoms with E-state index >= 15 is 0 Å². The topological polar surface area (TPSA) is 48.1 Å². The Morgan fingerprint density at radius 3 is 2.53 bits per heavy atom. The van der Waals surface area contributed by atoms with E-state index in [2.05, 4.69) is 4.98 Å². The second-order valence-corrected chi connectivity index (χ2v) is 4.99. The Morgan fingerprint density at radius 1 is 1.53 bits per heavy atom. The normalized spacial score (nSPS) is 22.2. The van der Waals surface area contributed by atoms with Gasteiger partial charge < -0.3 is 10.5 Å². The molecule has 1 aliphatic carbocycles. The molecule has 1 fully saturated rings. The van der Waals surface area contributed by atoms with Crippen LogP contribution in [0, 0.1) is 0 Å². The highest BCUT2D eigenvalue weighted by Gasteiger charge is 2.57. The van der Waals surface area contributed by atoms with Crippen molar-refractivity contribution in [3.05, 3.63) is 10.0 Å². The van der Waals surface area contributed by atoms with Crippen LogP contribution in [-0.2, 0) is 5.54 Å². The van der Waals surface area contributed by atoms with Crippen LogP contribution in [0.15, 0.2) is 0 Å². The predicted molar refractivity (Wildman–Crippen MR) is 53.7 cm³/mol. The smallest absolute Gasteiger partial charge is 0.274 e. The summed E-state index contributed by atoms with van der Waals surface area (Å²) in [4.78, 5) is 4.34. The lowest BCUT2D eigenvalue weighted by molar-refractivity contribution is -0.123. The number of alkyl halides is 2. The monoisotopic (exact) mass is 254 g/mol. The lowest BCUT2D eigenvalue weighted by Gasteiger charge is -2.43. The summed E-state index contributed by atoms with van der Waals surface area (Å²) in [5.74, 6) is -2.69. The number of ether oxygens (including phenoxy) is 1. The molecule has 1 saturated carbocycles. The molecule has 0 saturated heterocycles. The van der Waals surface area contributed by atoms with Gasteiger partial charge in [0, 0.05) is 12.8 Å². The van der Waals surface area contributed by atoms with Gasteiger partial charge in [-0.25, -0.2) is 8.78 Å². The Labute approximate surface area is 94.2 Å². The Bertz CT molecular complexity index is 388. The fourth-order valence-corrected chi connectivity index (χ4v) is 3.01. The molecule has 2 rings (SSSR count). The zero-order valence-corrected chi connectivity index (χ0v) is 9.46. The summed E-state index contributed by atoms with van der Waals surface area (Å²) >= 11 is 6.93. The van der Waals surface area contributed by atoms with E-state index in [1.807, 2.05) is 0 Å². The molecule has 2 N–H and O–H groups in total. The summed E-state index contributed by atoms with van der Waals surface area (Å²) in [5.41, 5.74) is 4.77. The van der Waals surface area contributed by atoms with Crippen molar-refractivity contribution in [2.45, 2.75) is 24.3 Å². The highest BCUT2D eigenvalue weighted by molar-refractivity contribution is 7.14. The minimum absolute atomic E-state index is 0.162. The number of aromatic nitrogens is 1. The number of rotatable bonds is 2. The van der Waals surface area contributed by atoms with Gasteiger partial charge in [-0.3, -0.25) is 0 Å². The number of hydrogen-bond donors (Lipinski definition) is 1. The fraction of sp³-hybridized carbons (Fsp3) is 0.625.